The molecule has 3 rings (SSSR count). The second-order valence-corrected chi connectivity index (χ2v) is 5.66. The predicted molar refractivity (Wildman–Crippen MR) is 53.6 cm³/mol. The van der Waals surface area contributed by atoms with Crippen LogP contribution in [0.5, 0.6) is 0 Å². The topological polar surface area (TPSA) is 59.1 Å². The molecule has 88 valence electrons. The smallest absolute Gasteiger partial charge is 0.417 e. The van der Waals surface area contributed by atoms with Crippen LogP contribution >= 0.6 is 0 Å². The second kappa shape index (κ2) is 2.77. The summed E-state index contributed by atoms with van der Waals surface area (Å²) in [5.74, 6) is -0.236. The van der Waals surface area contributed by atoms with Crippen LogP contribution in [0.4, 0.5) is 4.79 Å². The highest BCUT2D eigenvalue weighted by Gasteiger charge is 2.68. The van der Waals surface area contributed by atoms with Crippen molar-refractivity contribution in [2.24, 2.45) is 5.92 Å². The maximum absolute atomic E-state index is 11.9. The van der Waals surface area contributed by atoms with Crippen molar-refractivity contribution in [3.8, 4) is 0 Å². The van der Waals surface area contributed by atoms with Gasteiger partial charge in [-0.15, -0.1) is 0 Å². The highest BCUT2D eigenvalue weighted by molar-refractivity contribution is 5.97. The van der Waals surface area contributed by atoms with Crippen molar-refractivity contribution in [3.05, 3.63) is 0 Å². The molecule has 2 unspecified atom stereocenters. The van der Waals surface area contributed by atoms with Crippen LogP contribution in [0, 0.1) is 5.92 Å². The Hall–Kier alpha value is -1.10. The van der Waals surface area contributed by atoms with Crippen molar-refractivity contribution in [1.29, 1.82) is 0 Å². The molecule has 2 saturated heterocycles. The summed E-state index contributed by atoms with van der Waals surface area (Å²) in [6.45, 7) is 5.38. The highest BCUT2D eigenvalue weighted by Crippen LogP contribution is 2.51. The molecule has 5 nitrogen and oxygen atoms in total. The molecule has 1 saturated carbocycles. The molecule has 2 heterocycles. The molecule has 0 aromatic heterocycles. The van der Waals surface area contributed by atoms with E-state index in [1.807, 2.05) is 0 Å². The number of hydrogen-bond donors (Lipinski definition) is 0. The van der Waals surface area contributed by atoms with Crippen LogP contribution in [0.15, 0.2) is 0 Å². The number of nitrogens with zero attached hydrogens (tertiary/aromatic N) is 1. The van der Waals surface area contributed by atoms with Crippen LogP contribution in [0.2, 0.25) is 0 Å². The summed E-state index contributed by atoms with van der Waals surface area (Å²) in [4.78, 5) is 25.0. The average molecular weight is 225 g/mol. The molecule has 5 heteroatoms. The lowest BCUT2D eigenvalue weighted by Gasteiger charge is -2.27. The molecule has 3 aliphatic rings. The average Bonchev–Trinajstić information content (AvgIpc) is 2.74. The van der Waals surface area contributed by atoms with E-state index in [0.717, 1.165) is 6.42 Å². The molecular weight excluding hydrogens is 210 g/mol. The van der Waals surface area contributed by atoms with Gasteiger partial charge < -0.3 is 9.47 Å². The molecular formula is C11H15NO4. The molecule has 0 aromatic carbocycles. The number of hydrogen-bond acceptors (Lipinski definition) is 4. The summed E-state index contributed by atoms with van der Waals surface area (Å²) in [7, 11) is 0. The highest BCUT2D eigenvalue weighted by atomic mass is 16.6. The molecule has 0 aromatic rings. The number of fused-ring (bicyclic) bond motifs is 5. The third kappa shape index (κ3) is 1.27. The Kier molecular flexibility index (Phi) is 1.74. The number of carbonyl (C=O) groups is 2. The lowest BCUT2D eigenvalue weighted by atomic mass is 10.1. The standard InChI is InChI=1S/C11H15NO4/c1-11(2,3)16-10(14)12-6-4-5(9(12)13)7-8(6)15-7/h5-8H,4H2,1-3H3/t5-,6+,7?,8?/m0/s1. The second-order valence-electron chi connectivity index (χ2n) is 5.66. The van der Waals surface area contributed by atoms with Gasteiger partial charge in [-0.25, -0.2) is 9.69 Å². The van der Waals surface area contributed by atoms with Gasteiger partial charge in [-0.05, 0) is 27.2 Å². The maximum atomic E-state index is 11.9. The van der Waals surface area contributed by atoms with Crippen molar-refractivity contribution in [2.45, 2.75) is 51.0 Å². The van der Waals surface area contributed by atoms with Gasteiger partial charge in [0.05, 0.1) is 18.1 Å². The van der Waals surface area contributed by atoms with Gasteiger partial charge in [-0.1, -0.05) is 0 Å². The normalized spacial score (nSPS) is 39.9. The van der Waals surface area contributed by atoms with Crippen LogP contribution in [-0.4, -0.2) is 40.8 Å². The van der Waals surface area contributed by atoms with E-state index in [1.165, 1.54) is 4.90 Å². The summed E-state index contributed by atoms with van der Waals surface area (Å²) in [6.07, 6.45) is 0.373. The van der Waals surface area contributed by atoms with Gasteiger partial charge >= 0.3 is 6.09 Å². The number of carbonyl (C=O) groups excluding carboxylic acids is 2. The van der Waals surface area contributed by atoms with Gasteiger partial charge in [-0.2, -0.15) is 0 Å². The van der Waals surface area contributed by atoms with Gasteiger partial charge in [0.1, 0.15) is 11.7 Å². The minimum Gasteiger partial charge on any atom is -0.443 e. The minimum atomic E-state index is -0.566. The van der Waals surface area contributed by atoms with Crippen LogP contribution in [-0.2, 0) is 14.3 Å². The largest absolute Gasteiger partial charge is 0.443 e. The first-order chi connectivity index (χ1) is 7.38. The fraction of sp³-hybridized carbons (Fsp3) is 0.818. The number of ether oxygens (including phenoxy) is 2. The van der Waals surface area contributed by atoms with Crippen molar-refractivity contribution < 1.29 is 19.1 Å². The molecule has 16 heavy (non-hydrogen) atoms. The lowest BCUT2D eigenvalue weighted by molar-refractivity contribution is -0.132. The van der Waals surface area contributed by atoms with Crippen LogP contribution in [0.1, 0.15) is 27.2 Å². The molecule has 0 spiro atoms. The van der Waals surface area contributed by atoms with Gasteiger partial charge in [0.25, 0.3) is 0 Å². The van der Waals surface area contributed by atoms with Gasteiger partial charge in [0.2, 0.25) is 5.91 Å². The molecule has 1 aliphatic carbocycles. The van der Waals surface area contributed by atoms with Gasteiger partial charge in [0.15, 0.2) is 0 Å². The molecule has 2 bridgehead atoms. The van der Waals surface area contributed by atoms with E-state index < -0.39 is 11.7 Å². The van der Waals surface area contributed by atoms with Crippen LogP contribution in [0.25, 0.3) is 0 Å². The lowest BCUT2D eigenvalue weighted by Crippen LogP contribution is -2.47. The van der Waals surface area contributed by atoms with Gasteiger partial charge in [0, 0.05) is 0 Å². The fourth-order valence-electron chi connectivity index (χ4n) is 2.67. The monoisotopic (exact) mass is 225 g/mol. The summed E-state index contributed by atoms with van der Waals surface area (Å²) in [6, 6.07) is -0.0858. The van der Waals surface area contributed by atoms with Gasteiger partial charge in [-0.3, -0.25) is 4.79 Å². The summed E-state index contributed by atoms with van der Waals surface area (Å²) in [5.41, 5.74) is -0.566. The first-order valence-electron chi connectivity index (χ1n) is 5.60. The van der Waals surface area contributed by atoms with Crippen molar-refractivity contribution in [2.75, 3.05) is 0 Å². The Labute approximate surface area is 93.7 Å². The number of epoxide rings is 1. The Bertz CT molecular complexity index is 373. The van der Waals surface area contributed by atoms with E-state index in [1.54, 1.807) is 20.8 Å². The summed E-state index contributed by atoms with van der Waals surface area (Å²) in [5, 5.41) is 0. The van der Waals surface area contributed by atoms with E-state index in [2.05, 4.69) is 0 Å². The SMILES string of the molecule is CC(C)(C)OC(=O)N1C(=O)[C@H]2C[C@@H]1C1OC12. The maximum Gasteiger partial charge on any atom is 0.417 e. The minimum absolute atomic E-state index is 0.0789. The van der Waals surface area contributed by atoms with E-state index in [0.29, 0.717) is 0 Å². The molecule has 2 amide bonds. The molecule has 4 atom stereocenters. The molecule has 3 fully saturated rings. The van der Waals surface area contributed by atoms with E-state index in [9.17, 15) is 9.59 Å². The first kappa shape index (κ1) is 10.1. The quantitative estimate of drug-likeness (QED) is 0.575. The van der Waals surface area contributed by atoms with Crippen LogP contribution < -0.4 is 0 Å². The molecule has 0 N–H and O–H groups in total. The number of piperidine rings is 1. The van der Waals surface area contributed by atoms with E-state index >= 15 is 0 Å². The predicted octanol–water partition coefficient (Wildman–Crippen LogP) is 0.920. The Morgan fingerprint density at radius 3 is 2.69 bits per heavy atom. The third-order valence-corrected chi connectivity index (χ3v) is 3.31. The Morgan fingerprint density at radius 1 is 1.44 bits per heavy atom. The zero-order valence-electron chi connectivity index (χ0n) is 9.60. The third-order valence-electron chi connectivity index (χ3n) is 3.31. The van der Waals surface area contributed by atoms with Crippen molar-refractivity contribution >= 4 is 12.0 Å². The molecule has 0 radical (unpaired) electrons. The molecule has 2 aliphatic heterocycles. The zero-order valence-corrected chi connectivity index (χ0v) is 9.60. The van der Waals surface area contributed by atoms with E-state index in [4.69, 9.17) is 9.47 Å². The summed E-state index contributed by atoms with van der Waals surface area (Å²) >= 11 is 0. The Morgan fingerprint density at radius 2 is 2.12 bits per heavy atom. The van der Waals surface area contributed by atoms with E-state index in [-0.39, 0.29) is 30.1 Å². The number of amides is 2. The van der Waals surface area contributed by atoms with Crippen molar-refractivity contribution in [1.82, 2.24) is 4.90 Å². The number of imide groups is 1. The zero-order chi connectivity index (χ0) is 11.7. The Balaban J connectivity index is 1.76. The van der Waals surface area contributed by atoms with Crippen molar-refractivity contribution in [3.63, 3.8) is 0 Å². The first-order valence-corrected chi connectivity index (χ1v) is 5.60. The number of rotatable bonds is 0. The summed E-state index contributed by atoms with van der Waals surface area (Å²) < 4.78 is 10.6. The fourth-order valence-corrected chi connectivity index (χ4v) is 2.67. The van der Waals surface area contributed by atoms with Crippen LogP contribution in [0.3, 0.4) is 0 Å². The number of likely N-dealkylation sites (tertiary alicyclic amines) is 1.